The molecule has 2 aliphatic rings. The summed E-state index contributed by atoms with van der Waals surface area (Å²) < 4.78 is 0. The Hall–Kier alpha value is -0.0400. The fourth-order valence-corrected chi connectivity index (χ4v) is 3.71. The average Bonchev–Trinajstić information content (AvgIpc) is 2.60. The van der Waals surface area contributed by atoms with Gasteiger partial charge in [0, 0.05) is 18.1 Å². The van der Waals surface area contributed by atoms with Crippen LogP contribution in [0.3, 0.4) is 0 Å². The van der Waals surface area contributed by atoms with Gasteiger partial charge in [0.25, 0.3) is 0 Å². The SMILES string of the molecule is CC(C)[C@@H]1C2CCC(C2)N1C(C)C. The molecule has 0 N–H and O–H groups in total. The first-order valence-electron chi connectivity index (χ1n) is 5.88. The minimum absolute atomic E-state index is 0.752. The largest absolute Gasteiger partial charge is 0.295 e. The van der Waals surface area contributed by atoms with Gasteiger partial charge in [-0.15, -0.1) is 0 Å². The molecule has 0 spiro atoms. The maximum atomic E-state index is 2.79. The van der Waals surface area contributed by atoms with Gasteiger partial charge in [0.15, 0.2) is 0 Å². The highest BCUT2D eigenvalue weighted by molar-refractivity contribution is 5.01. The van der Waals surface area contributed by atoms with Gasteiger partial charge in [0.1, 0.15) is 0 Å². The number of hydrogen-bond acceptors (Lipinski definition) is 1. The van der Waals surface area contributed by atoms with E-state index >= 15 is 0 Å². The molecule has 0 aromatic carbocycles. The van der Waals surface area contributed by atoms with Crippen molar-refractivity contribution in [3.63, 3.8) is 0 Å². The summed E-state index contributed by atoms with van der Waals surface area (Å²) in [6.45, 7) is 9.49. The Bertz CT molecular complexity index is 166. The van der Waals surface area contributed by atoms with Gasteiger partial charge in [-0.3, -0.25) is 4.90 Å². The van der Waals surface area contributed by atoms with Crippen molar-refractivity contribution in [3.05, 3.63) is 0 Å². The van der Waals surface area contributed by atoms with Gasteiger partial charge >= 0.3 is 0 Å². The van der Waals surface area contributed by atoms with Crippen molar-refractivity contribution in [2.75, 3.05) is 0 Å². The van der Waals surface area contributed by atoms with Crippen molar-refractivity contribution in [1.82, 2.24) is 4.90 Å². The molecule has 2 fully saturated rings. The number of piperidine rings is 1. The van der Waals surface area contributed by atoms with Crippen LogP contribution in [0.25, 0.3) is 0 Å². The number of hydrogen-bond donors (Lipinski definition) is 0. The summed E-state index contributed by atoms with van der Waals surface area (Å²) in [5.74, 6) is 1.87. The van der Waals surface area contributed by atoms with E-state index in [-0.39, 0.29) is 0 Å². The first kappa shape index (κ1) is 9.51. The second kappa shape index (κ2) is 3.27. The molecule has 1 saturated carbocycles. The summed E-state index contributed by atoms with van der Waals surface area (Å²) in [7, 11) is 0. The molecule has 2 unspecified atom stereocenters. The molecule has 0 amide bonds. The Morgan fingerprint density at radius 3 is 2.23 bits per heavy atom. The first-order valence-corrected chi connectivity index (χ1v) is 5.88. The van der Waals surface area contributed by atoms with Gasteiger partial charge in [0.2, 0.25) is 0 Å². The molecule has 1 saturated heterocycles. The van der Waals surface area contributed by atoms with Crippen molar-refractivity contribution in [2.45, 2.75) is 65.1 Å². The maximum Gasteiger partial charge on any atom is 0.0153 e. The topological polar surface area (TPSA) is 3.24 Å². The van der Waals surface area contributed by atoms with Crippen LogP contribution in [0.4, 0.5) is 0 Å². The molecule has 2 bridgehead atoms. The van der Waals surface area contributed by atoms with E-state index < -0.39 is 0 Å². The van der Waals surface area contributed by atoms with E-state index in [2.05, 4.69) is 32.6 Å². The molecular weight excluding hydrogens is 158 g/mol. The highest BCUT2D eigenvalue weighted by atomic mass is 15.3. The van der Waals surface area contributed by atoms with E-state index in [4.69, 9.17) is 0 Å². The van der Waals surface area contributed by atoms with Crippen molar-refractivity contribution in [3.8, 4) is 0 Å². The van der Waals surface area contributed by atoms with E-state index in [1.54, 1.807) is 0 Å². The summed E-state index contributed by atoms with van der Waals surface area (Å²) in [6.07, 6.45) is 4.45. The fraction of sp³-hybridized carbons (Fsp3) is 1.00. The Morgan fingerprint density at radius 1 is 1.08 bits per heavy atom. The average molecular weight is 181 g/mol. The summed E-state index contributed by atoms with van der Waals surface area (Å²) in [4.78, 5) is 2.79. The quantitative estimate of drug-likeness (QED) is 0.633. The van der Waals surface area contributed by atoms with Crippen molar-refractivity contribution in [2.24, 2.45) is 11.8 Å². The number of likely N-dealkylation sites (tertiary alicyclic amines) is 1. The van der Waals surface area contributed by atoms with Gasteiger partial charge in [-0.25, -0.2) is 0 Å². The second-order valence-corrected chi connectivity index (χ2v) is 5.50. The molecule has 1 heteroatoms. The smallest absolute Gasteiger partial charge is 0.0153 e. The van der Waals surface area contributed by atoms with Gasteiger partial charge in [-0.2, -0.15) is 0 Å². The van der Waals surface area contributed by atoms with E-state index in [1.807, 2.05) is 0 Å². The van der Waals surface area contributed by atoms with Crippen LogP contribution < -0.4 is 0 Å². The molecular formula is C12H23N. The summed E-state index contributed by atoms with van der Waals surface area (Å²) in [6, 6.07) is 2.57. The normalized spacial score (nSPS) is 39.7. The van der Waals surface area contributed by atoms with Crippen LogP contribution >= 0.6 is 0 Å². The zero-order chi connectivity index (χ0) is 9.59. The predicted molar refractivity (Wildman–Crippen MR) is 56.7 cm³/mol. The molecule has 3 atom stereocenters. The van der Waals surface area contributed by atoms with Crippen molar-refractivity contribution >= 4 is 0 Å². The van der Waals surface area contributed by atoms with Gasteiger partial charge < -0.3 is 0 Å². The molecule has 1 aliphatic heterocycles. The van der Waals surface area contributed by atoms with Crippen molar-refractivity contribution < 1.29 is 0 Å². The lowest BCUT2D eigenvalue weighted by Crippen LogP contribution is -2.47. The highest BCUT2D eigenvalue weighted by Crippen LogP contribution is 2.45. The Kier molecular flexibility index (Phi) is 2.39. The van der Waals surface area contributed by atoms with Crippen LogP contribution in [0.2, 0.25) is 0 Å². The molecule has 0 aromatic rings. The Balaban J connectivity index is 2.15. The minimum Gasteiger partial charge on any atom is -0.295 e. The maximum absolute atomic E-state index is 2.79. The third-order valence-corrected chi connectivity index (χ3v) is 3.97. The van der Waals surface area contributed by atoms with E-state index in [0.29, 0.717) is 0 Å². The molecule has 0 radical (unpaired) electrons. The number of nitrogens with zero attached hydrogens (tertiary/aromatic N) is 1. The standard InChI is InChI=1S/C12H23N/c1-8(2)12-10-5-6-11(7-10)13(12)9(3)4/h8-12H,5-7H2,1-4H3/t10?,11?,12-/m1/s1. The monoisotopic (exact) mass is 181 g/mol. The lowest BCUT2D eigenvalue weighted by Gasteiger charge is -2.40. The first-order chi connectivity index (χ1) is 6.11. The predicted octanol–water partition coefficient (Wildman–Crippen LogP) is 2.90. The molecule has 1 aliphatic carbocycles. The van der Waals surface area contributed by atoms with Crippen molar-refractivity contribution in [1.29, 1.82) is 0 Å². The van der Waals surface area contributed by atoms with Crippen LogP contribution in [0.1, 0.15) is 47.0 Å². The lowest BCUT2D eigenvalue weighted by atomic mass is 9.89. The molecule has 76 valence electrons. The van der Waals surface area contributed by atoms with Gasteiger partial charge in [0.05, 0.1) is 0 Å². The molecule has 2 rings (SSSR count). The highest BCUT2D eigenvalue weighted by Gasteiger charge is 2.47. The Morgan fingerprint density at radius 2 is 1.77 bits per heavy atom. The van der Waals surface area contributed by atoms with Crippen LogP contribution in [-0.4, -0.2) is 23.0 Å². The fourth-order valence-electron chi connectivity index (χ4n) is 3.71. The van der Waals surface area contributed by atoms with E-state index in [9.17, 15) is 0 Å². The van der Waals surface area contributed by atoms with Crippen LogP contribution in [-0.2, 0) is 0 Å². The van der Waals surface area contributed by atoms with Crippen LogP contribution in [0.5, 0.6) is 0 Å². The lowest BCUT2D eigenvalue weighted by molar-refractivity contribution is 0.0732. The summed E-state index contributed by atoms with van der Waals surface area (Å²) >= 11 is 0. The molecule has 13 heavy (non-hydrogen) atoms. The minimum atomic E-state index is 0.752. The third-order valence-electron chi connectivity index (χ3n) is 3.97. The number of rotatable bonds is 2. The Labute approximate surface area is 82.5 Å². The van der Waals surface area contributed by atoms with Gasteiger partial charge in [-0.05, 0) is 44.9 Å². The summed E-state index contributed by atoms with van der Waals surface area (Å²) in [5, 5.41) is 0. The summed E-state index contributed by atoms with van der Waals surface area (Å²) in [5.41, 5.74) is 0. The second-order valence-electron chi connectivity index (χ2n) is 5.50. The molecule has 0 aromatic heterocycles. The van der Waals surface area contributed by atoms with Crippen LogP contribution in [0.15, 0.2) is 0 Å². The third kappa shape index (κ3) is 1.41. The van der Waals surface area contributed by atoms with Crippen LogP contribution in [0, 0.1) is 11.8 Å². The molecule has 1 nitrogen and oxygen atoms in total. The zero-order valence-electron chi connectivity index (χ0n) is 9.46. The number of fused-ring (bicyclic) bond motifs is 2. The molecule has 1 heterocycles. The van der Waals surface area contributed by atoms with E-state index in [0.717, 1.165) is 30.0 Å². The zero-order valence-corrected chi connectivity index (χ0v) is 9.46. The van der Waals surface area contributed by atoms with E-state index in [1.165, 1.54) is 19.3 Å². The van der Waals surface area contributed by atoms with Gasteiger partial charge in [-0.1, -0.05) is 13.8 Å².